The van der Waals surface area contributed by atoms with Gasteiger partial charge in [-0.3, -0.25) is 0 Å². The van der Waals surface area contributed by atoms with Crippen LogP contribution < -0.4 is 0 Å². The predicted octanol–water partition coefficient (Wildman–Crippen LogP) is 8.16. The van der Waals surface area contributed by atoms with Gasteiger partial charge in [0.1, 0.15) is 5.75 Å². The number of hydrogen-bond acceptors (Lipinski definition) is 1. The third-order valence-corrected chi connectivity index (χ3v) is 6.94. The van der Waals surface area contributed by atoms with Gasteiger partial charge >= 0.3 is 0 Å². The molecule has 1 heteroatoms. The Hall–Kier alpha value is -3.32. The van der Waals surface area contributed by atoms with Gasteiger partial charge in [0.2, 0.25) is 0 Å². The second-order valence-corrected chi connectivity index (χ2v) is 8.84. The van der Waals surface area contributed by atoms with Crippen LogP contribution in [0.5, 0.6) is 5.75 Å². The zero-order valence-corrected chi connectivity index (χ0v) is 19.4. The van der Waals surface area contributed by atoms with Gasteiger partial charge in [0.15, 0.2) is 0 Å². The van der Waals surface area contributed by atoms with Gasteiger partial charge in [0.25, 0.3) is 0 Å². The molecule has 4 aromatic carbocycles. The van der Waals surface area contributed by atoms with Crippen LogP contribution in [0.15, 0.2) is 97.1 Å². The maximum atomic E-state index is 11.6. The lowest BCUT2D eigenvalue weighted by Crippen LogP contribution is -2.09. The molecule has 4 rings (SSSR count). The molecule has 0 saturated carbocycles. The Bertz CT molecular complexity index is 1090. The minimum atomic E-state index is 0.0975. The van der Waals surface area contributed by atoms with Gasteiger partial charge in [-0.1, -0.05) is 118 Å². The van der Waals surface area contributed by atoms with Crippen LogP contribution >= 0.6 is 0 Å². The van der Waals surface area contributed by atoms with E-state index in [1.807, 2.05) is 12.1 Å². The van der Waals surface area contributed by atoms with Crippen molar-refractivity contribution in [2.75, 3.05) is 0 Å². The van der Waals surface area contributed by atoms with Crippen molar-refractivity contribution < 1.29 is 5.11 Å². The first kappa shape index (κ1) is 21.9. The first-order valence-corrected chi connectivity index (χ1v) is 11.5. The Kier molecular flexibility index (Phi) is 6.46. The van der Waals surface area contributed by atoms with Crippen LogP contribution in [0.1, 0.15) is 77.5 Å². The van der Waals surface area contributed by atoms with Crippen LogP contribution in [0, 0.1) is 6.92 Å². The summed E-state index contributed by atoms with van der Waals surface area (Å²) in [7, 11) is 0. The van der Waals surface area contributed by atoms with E-state index in [4.69, 9.17) is 0 Å². The molecule has 0 aliphatic heterocycles. The number of phenolic OH excluding ortho intramolecular Hbond substituents is 1. The Morgan fingerprint density at radius 1 is 0.531 bits per heavy atom. The average molecular weight is 421 g/mol. The molecule has 162 valence electrons. The van der Waals surface area contributed by atoms with Crippen molar-refractivity contribution in [1.82, 2.24) is 0 Å². The highest BCUT2D eigenvalue weighted by Crippen LogP contribution is 2.44. The number of benzene rings is 4. The Balaban J connectivity index is 1.92. The molecule has 4 aromatic rings. The maximum absolute atomic E-state index is 11.6. The van der Waals surface area contributed by atoms with Gasteiger partial charge in [-0.15, -0.1) is 0 Å². The van der Waals surface area contributed by atoms with Crippen LogP contribution in [-0.4, -0.2) is 5.11 Å². The minimum Gasteiger partial charge on any atom is -0.507 e. The van der Waals surface area contributed by atoms with Gasteiger partial charge < -0.3 is 5.11 Å². The van der Waals surface area contributed by atoms with Crippen molar-refractivity contribution in [2.45, 2.75) is 45.4 Å². The van der Waals surface area contributed by atoms with E-state index < -0.39 is 0 Å². The highest BCUT2D eigenvalue weighted by Gasteiger charge is 2.26. The summed E-state index contributed by atoms with van der Waals surface area (Å²) in [6, 6.07) is 33.8. The van der Waals surface area contributed by atoms with E-state index in [-0.39, 0.29) is 17.8 Å². The summed E-state index contributed by atoms with van der Waals surface area (Å²) in [6.45, 7) is 8.82. The number of aromatic hydroxyl groups is 1. The molecular formula is C31H32O. The van der Waals surface area contributed by atoms with Gasteiger partial charge in [-0.05, 0) is 34.7 Å². The van der Waals surface area contributed by atoms with E-state index in [1.54, 1.807) is 0 Å². The van der Waals surface area contributed by atoms with Crippen LogP contribution in [0.3, 0.4) is 0 Å². The molecule has 32 heavy (non-hydrogen) atoms. The molecule has 0 heterocycles. The van der Waals surface area contributed by atoms with Gasteiger partial charge in [-0.2, -0.15) is 0 Å². The van der Waals surface area contributed by atoms with E-state index in [9.17, 15) is 5.11 Å². The number of hydrogen-bond donors (Lipinski definition) is 1. The molecule has 0 aliphatic rings. The normalized spacial score (nSPS) is 14.0. The fraction of sp³-hybridized carbons (Fsp3) is 0.226. The molecule has 0 aliphatic carbocycles. The molecule has 0 radical (unpaired) electrons. The van der Waals surface area contributed by atoms with E-state index >= 15 is 0 Å². The largest absolute Gasteiger partial charge is 0.507 e. The molecular weight excluding hydrogens is 388 g/mol. The minimum absolute atomic E-state index is 0.0975. The Morgan fingerprint density at radius 2 is 0.906 bits per heavy atom. The molecule has 3 unspecified atom stereocenters. The summed E-state index contributed by atoms with van der Waals surface area (Å²) in [5.41, 5.74) is 8.21. The molecule has 0 saturated heterocycles. The lowest BCUT2D eigenvalue weighted by Gasteiger charge is -2.27. The highest BCUT2D eigenvalue weighted by molar-refractivity contribution is 5.58. The average Bonchev–Trinajstić information content (AvgIpc) is 2.85. The van der Waals surface area contributed by atoms with E-state index in [0.717, 1.165) is 11.1 Å². The highest BCUT2D eigenvalue weighted by atomic mass is 16.3. The summed E-state index contributed by atoms with van der Waals surface area (Å²) in [6.07, 6.45) is 0. The van der Waals surface area contributed by atoms with Gasteiger partial charge in [0, 0.05) is 28.9 Å². The van der Waals surface area contributed by atoms with E-state index in [0.29, 0.717) is 5.75 Å². The summed E-state index contributed by atoms with van der Waals surface area (Å²) >= 11 is 0. The van der Waals surface area contributed by atoms with Crippen molar-refractivity contribution in [2.24, 2.45) is 0 Å². The fourth-order valence-electron chi connectivity index (χ4n) is 4.89. The zero-order chi connectivity index (χ0) is 22.7. The summed E-state index contributed by atoms with van der Waals surface area (Å²) in [5.74, 6) is 0.862. The smallest absolute Gasteiger partial charge is 0.123 e. The third-order valence-electron chi connectivity index (χ3n) is 6.94. The van der Waals surface area contributed by atoms with Crippen LogP contribution in [0.25, 0.3) is 0 Å². The third kappa shape index (κ3) is 4.21. The second kappa shape index (κ2) is 9.44. The molecule has 3 atom stereocenters. The molecule has 0 fully saturated rings. The van der Waals surface area contributed by atoms with E-state index in [2.05, 4.69) is 113 Å². The number of rotatable bonds is 6. The topological polar surface area (TPSA) is 20.2 Å². The lowest BCUT2D eigenvalue weighted by molar-refractivity contribution is 0.455. The van der Waals surface area contributed by atoms with Crippen molar-refractivity contribution in [3.05, 3.63) is 136 Å². The van der Waals surface area contributed by atoms with Gasteiger partial charge in [-0.25, -0.2) is 0 Å². The fourth-order valence-corrected chi connectivity index (χ4v) is 4.89. The summed E-state index contributed by atoms with van der Waals surface area (Å²) in [4.78, 5) is 0. The van der Waals surface area contributed by atoms with Crippen LogP contribution in [-0.2, 0) is 0 Å². The molecule has 0 spiro atoms. The van der Waals surface area contributed by atoms with Crippen LogP contribution in [0.4, 0.5) is 0 Å². The Labute approximate surface area is 192 Å². The van der Waals surface area contributed by atoms with Crippen molar-refractivity contribution >= 4 is 0 Å². The summed E-state index contributed by atoms with van der Waals surface area (Å²) in [5, 5.41) is 11.6. The standard InChI is InChI=1S/C31H32O/c1-21(25-14-8-5-9-15-25)28-20-29(22(2)26-16-10-6-11-17-26)31(32)30(24(28)4)23(3)27-18-12-7-13-19-27/h5-23,32H,1-4H3. The van der Waals surface area contributed by atoms with Crippen LogP contribution in [0.2, 0.25) is 0 Å². The first-order chi connectivity index (χ1) is 15.5. The van der Waals surface area contributed by atoms with Crippen molar-refractivity contribution in [3.63, 3.8) is 0 Å². The lowest BCUT2D eigenvalue weighted by atomic mass is 9.78. The van der Waals surface area contributed by atoms with E-state index in [1.165, 1.54) is 27.8 Å². The monoisotopic (exact) mass is 420 g/mol. The predicted molar refractivity (Wildman–Crippen MR) is 135 cm³/mol. The maximum Gasteiger partial charge on any atom is 0.123 e. The SMILES string of the molecule is Cc1c(C(C)c2ccccc2)cc(C(C)c2ccccc2)c(O)c1C(C)c1ccccc1. The summed E-state index contributed by atoms with van der Waals surface area (Å²) < 4.78 is 0. The molecule has 1 N–H and O–H groups in total. The zero-order valence-electron chi connectivity index (χ0n) is 19.4. The van der Waals surface area contributed by atoms with Crippen molar-refractivity contribution in [3.8, 4) is 5.75 Å². The quantitative estimate of drug-likeness (QED) is 0.333. The van der Waals surface area contributed by atoms with Crippen molar-refractivity contribution in [1.29, 1.82) is 0 Å². The molecule has 0 amide bonds. The second-order valence-electron chi connectivity index (χ2n) is 8.84. The first-order valence-electron chi connectivity index (χ1n) is 11.5. The number of phenols is 1. The molecule has 0 bridgehead atoms. The molecule has 1 nitrogen and oxygen atoms in total. The Morgan fingerprint density at radius 3 is 1.34 bits per heavy atom. The van der Waals surface area contributed by atoms with Gasteiger partial charge in [0.05, 0.1) is 0 Å². The molecule has 0 aromatic heterocycles.